The van der Waals surface area contributed by atoms with E-state index in [1.165, 1.54) is 12.3 Å². The Morgan fingerprint density at radius 1 is 1.17 bits per heavy atom. The zero-order chi connectivity index (χ0) is 17.5. The van der Waals surface area contributed by atoms with Crippen molar-refractivity contribution in [2.24, 2.45) is 0 Å². The van der Waals surface area contributed by atoms with Crippen molar-refractivity contribution in [1.29, 1.82) is 0 Å². The largest absolute Gasteiger partial charge is 0.433 e. The highest BCUT2D eigenvalue weighted by Crippen LogP contribution is 2.15. The number of amides is 2. The van der Waals surface area contributed by atoms with Gasteiger partial charge in [-0.1, -0.05) is 0 Å². The molecule has 0 aromatic carbocycles. The highest BCUT2D eigenvalue weighted by atomic mass is 16.6. The topological polar surface area (TPSA) is 127 Å². The summed E-state index contributed by atoms with van der Waals surface area (Å²) < 4.78 is 4.78. The lowest BCUT2D eigenvalue weighted by Crippen LogP contribution is -2.29. The number of furan rings is 1. The molecule has 0 unspecified atom stereocenters. The predicted molar refractivity (Wildman–Crippen MR) is 83.6 cm³/mol. The summed E-state index contributed by atoms with van der Waals surface area (Å²) in [5, 5.41) is 15.7. The van der Waals surface area contributed by atoms with Gasteiger partial charge in [-0.3, -0.25) is 24.7 Å². The monoisotopic (exact) mass is 332 g/mol. The molecule has 2 rings (SSSR count). The van der Waals surface area contributed by atoms with Gasteiger partial charge in [-0.2, -0.15) is 0 Å². The van der Waals surface area contributed by atoms with E-state index in [1.54, 1.807) is 12.1 Å². The molecule has 0 spiro atoms. The minimum absolute atomic E-state index is 0.128. The summed E-state index contributed by atoms with van der Waals surface area (Å²) in [7, 11) is 0. The van der Waals surface area contributed by atoms with E-state index in [0.29, 0.717) is 25.1 Å². The maximum atomic E-state index is 11.8. The molecule has 126 valence electrons. The van der Waals surface area contributed by atoms with E-state index >= 15 is 0 Å². The van der Waals surface area contributed by atoms with E-state index in [-0.39, 0.29) is 11.7 Å². The van der Waals surface area contributed by atoms with E-state index in [9.17, 15) is 19.7 Å². The Morgan fingerprint density at radius 3 is 2.46 bits per heavy atom. The number of aryl methyl sites for hydroxylation is 1. The van der Waals surface area contributed by atoms with E-state index < -0.39 is 16.7 Å². The van der Waals surface area contributed by atoms with Crippen molar-refractivity contribution in [2.75, 3.05) is 13.1 Å². The zero-order valence-corrected chi connectivity index (χ0v) is 12.9. The molecule has 0 fully saturated rings. The van der Waals surface area contributed by atoms with E-state index in [4.69, 9.17) is 4.42 Å². The SMILES string of the molecule is Cc1ccc(C(=O)NCCCNC(=O)c2ccc([N+](=O)[O-])o2)cn1. The first kappa shape index (κ1) is 17.1. The molecule has 2 amide bonds. The van der Waals surface area contributed by atoms with Gasteiger partial charge in [-0.15, -0.1) is 0 Å². The van der Waals surface area contributed by atoms with Gasteiger partial charge in [0.2, 0.25) is 0 Å². The normalized spacial score (nSPS) is 10.2. The van der Waals surface area contributed by atoms with Crippen LogP contribution in [0.2, 0.25) is 0 Å². The molecule has 2 aromatic heterocycles. The van der Waals surface area contributed by atoms with E-state index in [1.807, 2.05) is 6.92 Å². The maximum Gasteiger partial charge on any atom is 0.433 e. The van der Waals surface area contributed by atoms with Crippen molar-refractivity contribution < 1.29 is 18.9 Å². The average molecular weight is 332 g/mol. The minimum Gasteiger partial charge on any atom is -0.395 e. The van der Waals surface area contributed by atoms with Gasteiger partial charge in [0.1, 0.15) is 4.92 Å². The Kier molecular flexibility index (Phi) is 5.61. The van der Waals surface area contributed by atoms with Gasteiger partial charge >= 0.3 is 5.88 Å². The number of hydrogen-bond donors (Lipinski definition) is 2. The van der Waals surface area contributed by atoms with Crippen LogP contribution in [0.25, 0.3) is 0 Å². The summed E-state index contributed by atoms with van der Waals surface area (Å²) in [6.07, 6.45) is 2.00. The Labute approximate surface area is 137 Å². The Morgan fingerprint density at radius 2 is 1.88 bits per heavy atom. The van der Waals surface area contributed by atoms with Crippen molar-refractivity contribution in [3.8, 4) is 0 Å². The summed E-state index contributed by atoms with van der Waals surface area (Å²) in [4.78, 5) is 37.3. The molecule has 0 saturated carbocycles. The maximum absolute atomic E-state index is 11.8. The van der Waals surface area contributed by atoms with Crippen LogP contribution >= 0.6 is 0 Å². The lowest BCUT2D eigenvalue weighted by atomic mass is 10.2. The third kappa shape index (κ3) is 4.63. The molecule has 2 heterocycles. The smallest absolute Gasteiger partial charge is 0.395 e. The van der Waals surface area contributed by atoms with Crippen LogP contribution in [0.3, 0.4) is 0 Å². The van der Waals surface area contributed by atoms with Crippen LogP contribution in [0.15, 0.2) is 34.9 Å². The van der Waals surface area contributed by atoms with Crippen LogP contribution in [0.5, 0.6) is 0 Å². The molecule has 2 aromatic rings. The average Bonchev–Trinajstić information content (AvgIpc) is 3.05. The van der Waals surface area contributed by atoms with Gasteiger partial charge in [-0.05, 0) is 31.5 Å². The number of rotatable bonds is 7. The van der Waals surface area contributed by atoms with E-state index in [0.717, 1.165) is 11.8 Å². The second-order valence-corrected chi connectivity index (χ2v) is 4.95. The molecule has 2 N–H and O–H groups in total. The number of carbonyl (C=O) groups is 2. The van der Waals surface area contributed by atoms with Gasteiger partial charge in [0.05, 0.1) is 11.6 Å². The van der Waals surface area contributed by atoms with Crippen LogP contribution in [-0.2, 0) is 0 Å². The molecule has 0 bridgehead atoms. The Balaban J connectivity index is 1.68. The second-order valence-electron chi connectivity index (χ2n) is 4.95. The fourth-order valence-electron chi connectivity index (χ4n) is 1.83. The first-order valence-electron chi connectivity index (χ1n) is 7.20. The summed E-state index contributed by atoms with van der Waals surface area (Å²) >= 11 is 0. The minimum atomic E-state index is -0.716. The molecule has 9 nitrogen and oxygen atoms in total. The van der Waals surface area contributed by atoms with Crippen molar-refractivity contribution in [1.82, 2.24) is 15.6 Å². The van der Waals surface area contributed by atoms with Crippen LogP contribution in [0.4, 0.5) is 5.88 Å². The number of nitro groups is 1. The molecule has 0 aliphatic carbocycles. The zero-order valence-electron chi connectivity index (χ0n) is 12.9. The summed E-state index contributed by atoms with van der Waals surface area (Å²) in [5.74, 6) is -1.40. The lowest BCUT2D eigenvalue weighted by Gasteiger charge is -2.06. The van der Waals surface area contributed by atoms with Gasteiger partial charge in [0, 0.05) is 25.0 Å². The molecule has 9 heteroatoms. The number of nitrogens with one attached hydrogen (secondary N) is 2. The number of aromatic nitrogens is 1. The standard InChI is InChI=1S/C15H16N4O5/c1-10-3-4-11(9-18-10)14(20)16-7-2-8-17-15(21)12-5-6-13(24-12)19(22)23/h3-6,9H,2,7-8H2,1H3,(H,16,20)(H,17,21). The molecule has 24 heavy (non-hydrogen) atoms. The molecule has 0 aliphatic heterocycles. The van der Waals surface area contributed by atoms with Crippen molar-refractivity contribution in [3.05, 3.63) is 57.6 Å². The number of pyridine rings is 1. The first-order valence-corrected chi connectivity index (χ1v) is 7.20. The Hall–Kier alpha value is -3.23. The molecule has 0 atom stereocenters. The van der Waals surface area contributed by atoms with Crippen LogP contribution in [0, 0.1) is 17.0 Å². The van der Waals surface area contributed by atoms with E-state index in [2.05, 4.69) is 15.6 Å². The highest BCUT2D eigenvalue weighted by Gasteiger charge is 2.16. The number of hydrogen-bond acceptors (Lipinski definition) is 6. The first-order chi connectivity index (χ1) is 11.5. The van der Waals surface area contributed by atoms with Crippen molar-refractivity contribution >= 4 is 17.7 Å². The third-order valence-corrected chi connectivity index (χ3v) is 3.09. The summed E-state index contributed by atoms with van der Waals surface area (Å²) in [6.45, 7) is 2.49. The fraction of sp³-hybridized carbons (Fsp3) is 0.267. The molecule has 0 aliphatic rings. The van der Waals surface area contributed by atoms with Crippen LogP contribution in [-0.4, -0.2) is 34.8 Å². The van der Waals surface area contributed by atoms with Gasteiger partial charge in [0.15, 0.2) is 5.76 Å². The third-order valence-electron chi connectivity index (χ3n) is 3.09. The number of nitrogens with zero attached hydrogens (tertiary/aromatic N) is 2. The summed E-state index contributed by atoms with van der Waals surface area (Å²) in [6, 6.07) is 5.78. The fourth-order valence-corrected chi connectivity index (χ4v) is 1.83. The lowest BCUT2D eigenvalue weighted by molar-refractivity contribution is -0.402. The van der Waals surface area contributed by atoms with Crippen LogP contribution < -0.4 is 10.6 Å². The van der Waals surface area contributed by atoms with Crippen molar-refractivity contribution in [2.45, 2.75) is 13.3 Å². The van der Waals surface area contributed by atoms with Crippen LogP contribution in [0.1, 0.15) is 33.0 Å². The summed E-state index contributed by atoms with van der Waals surface area (Å²) in [5.41, 5.74) is 1.29. The van der Waals surface area contributed by atoms with Crippen molar-refractivity contribution in [3.63, 3.8) is 0 Å². The molecule has 0 saturated heterocycles. The quantitative estimate of drug-likeness (QED) is 0.448. The van der Waals surface area contributed by atoms with Gasteiger partial charge in [0.25, 0.3) is 11.8 Å². The predicted octanol–water partition coefficient (Wildman–Crippen LogP) is 1.44. The highest BCUT2D eigenvalue weighted by molar-refractivity contribution is 5.93. The molecular weight excluding hydrogens is 316 g/mol. The van der Waals surface area contributed by atoms with Gasteiger partial charge < -0.3 is 15.1 Å². The molecule has 0 radical (unpaired) electrons. The van der Waals surface area contributed by atoms with Gasteiger partial charge in [-0.25, -0.2) is 0 Å². The second kappa shape index (κ2) is 7.86. The Bertz CT molecular complexity index is 739. The molecular formula is C15H16N4O5. The number of carbonyl (C=O) groups excluding carboxylic acids is 2.